The first-order valence-corrected chi connectivity index (χ1v) is 10.4. The third kappa shape index (κ3) is 6.85. The van der Waals surface area contributed by atoms with Gasteiger partial charge in [-0.2, -0.15) is 0 Å². The van der Waals surface area contributed by atoms with Gasteiger partial charge in [0.2, 0.25) is 0 Å². The molecule has 0 aromatic heterocycles. The van der Waals surface area contributed by atoms with Crippen molar-refractivity contribution in [1.82, 2.24) is 0 Å². The molecule has 0 unspecified atom stereocenters. The Labute approximate surface area is 171 Å². The summed E-state index contributed by atoms with van der Waals surface area (Å²) in [7, 11) is 0. The lowest BCUT2D eigenvalue weighted by Crippen LogP contribution is -2.16. The standard InChI is InChI=1S/C25H27F3O/c1-2-3-4-19-5-7-20(8-6-19)9-10-21-11-13-22(14-12-21)23-15-17-24(18-16-23)29-25(26,27)28/h11-20H,2-8H2,1H3. The van der Waals surface area contributed by atoms with Crippen molar-refractivity contribution in [2.45, 2.75) is 58.2 Å². The fourth-order valence-electron chi connectivity index (χ4n) is 3.87. The minimum absolute atomic E-state index is 0.215. The van der Waals surface area contributed by atoms with Gasteiger partial charge in [-0.3, -0.25) is 0 Å². The zero-order valence-corrected chi connectivity index (χ0v) is 16.8. The first kappa shape index (κ1) is 21.3. The quantitative estimate of drug-likeness (QED) is 0.470. The van der Waals surface area contributed by atoms with Crippen LogP contribution in [0.2, 0.25) is 0 Å². The van der Waals surface area contributed by atoms with E-state index < -0.39 is 6.36 Å². The number of ether oxygens (including phenoxy) is 1. The number of hydrogen-bond donors (Lipinski definition) is 0. The molecule has 1 aliphatic rings. The third-order valence-corrected chi connectivity index (χ3v) is 5.54. The average Bonchev–Trinajstić information content (AvgIpc) is 2.71. The van der Waals surface area contributed by atoms with Crippen LogP contribution in [0.15, 0.2) is 48.5 Å². The van der Waals surface area contributed by atoms with Crippen LogP contribution in [-0.4, -0.2) is 6.36 Å². The van der Waals surface area contributed by atoms with Crippen LogP contribution in [0.5, 0.6) is 5.75 Å². The van der Waals surface area contributed by atoms with E-state index in [0.717, 1.165) is 22.6 Å². The van der Waals surface area contributed by atoms with Gasteiger partial charge in [-0.1, -0.05) is 62.3 Å². The molecule has 0 radical (unpaired) electrons. The molecular weight excluding hydrogens is 373 g/mol. The van der Waals surface area contributed by atoms with Crippen molar-refractivity contribution >= 4 is 0 Å². The van der Waals surface area contributed by atoms with E-state index in [-0.39, 0.29) is 5.75 Å². The number of halogens is 3. The zero-order chi connectivity index (χ0) is 20.7. The summed E-state index contributed by atoms with van der Waals surface area (Å²) in [5, 5.41) is 0. The number of alkyl halides is 3. The van der Waals surface area contributed by atoms with Crippen molar-refractivity contribution in [2.75, 3.05) is 0 Å². The lowest BCUT2D eigenvalue weighted by molar-refractivity contribution is -0.274. The summed E-state index contributed by atoms with van der Waals surface area (Å²) in [6.45, 7) is 2.25. The molecule has 0 N–H and O–H groups in total. The van der Waals surface area contributed by atoms with Gasteiger partial charge in [-0.15, -0.1) is 13.2 Å². The van der Waals surface area contributed by atoms with Gasteiger partial charge < -0.3 is 4.74 Å². The SMILES string of the molecule is CCCCC1CCC(C#Cc2ccc(-c3ccc(OC(F)(F)F)cc3)cc2)CC1. The Morgan fingerprint density at radius 1 is 0.897 bits per heavy atom. The van der Waals surface area contributed by atoms with Crippen LogP contribution in [0, 0.1) is 23.7 Å². The molecule has 29 heavy (non-hydrogen) atoms. The maximum Gasteiger partial charge on any atom is 0.573 e. The van der Waals surface area contributed by atoms with Crippen LogP contribution in [0.4, 0.5) is 13.2 Å². The van der Waals surface area contributed by atoms with E-state index in [2.05, 4.69) is 23.5 Å². The molecule has 3 rings (SSSR count). The molecule has 1 aliphatic carbocycles. The van der Waals surface area contributed by atoms with Crippen LogP contribution >= 0.6 is 0 Å². The maximum absolute atomic E-state index is 12.2. The highest BCUT2D eigenvalue weighted by atomic mass is 19.4. The fraction of sp³-hybridized carbons (Fsp3) is 0.440. The monoisotopic (exact) mass is 400 g/mol. The maximum atomic E-state index is 12.2. The molecule has 1 fully saturated rings. The van der Waals surface area contributed by atoms with Crippen molar-refractivity contribution < 1.29 is 17.9 Å². The lowest BCUT2D eigenvalue weighted by Gasteiger charge is -2.25. The number of rotatable bonds is 5. The predicted molar refractivity (Wildman–Crippen MR) is 110 cm³/mol. The third-order valence-electron chi connectivity index (χ3n) is 5.54. The molecule has 0 aliphatic heterocycles. The van der Waals surface area contributed by atoms with E-state index in [4.69, 9.17) is 0 Å². The molecule has 0 heterocycles. The van der Waals surface area contributed by atoms with Crippen LogP contribution in [0.1, 0.15) is 57.4 Å². The molecule has 2 aromatic rings. The zero-order valence-electron chi connectivity index (χ0n) is 16.8. The molecule has 1 nitrogen and oxygen atoms in total. The highest BCUT2D eigenvalue weighted by Crippen LogP contribution is 2.31. The minimum Gasteiger partial charge on any atom is -0.406 e. The molecule has 4 heteroatoms. The van der Waals surface area contributed by atoms with Crippen LogP contribution in [-0.2, 0) is 0 Å². The Morgan fingerprint density at radius 2 is 1.48 bits per heavy atom. The summed E-state index contributed by atoms with van der Waals surface area (Å²) in [4.78, 5) is 0. The van der Waals surface area contributed by atoms with Crippen molar-refractivity contribution in [3.05, 3.63) is 54.1 Å². The van der Waals surface area contributed by atoms with Gasteiger partial charge in [0.25, 0.3) is 0 Å². The fourth-order valence-corrected chi connectivity index (χ4v) is 3.87. The van der Waals surface area contributed by atoms with Gasteiger partial charge in [0.15, 0.2) is 0 Å². The second kappa shape index (κ2) is 9.87. The molecule has 0 saturated heterocycles. The normalized spacial score (nSPS) is 19.3. The van der Waals surface area contributed by atoms with E-state index in [1.54, 1.807) is 12.1 Å². The second-order valence-corrected chi connectivity index (χ2v) is 7.78. The van der Waals surface area contributed by atoms with E-state index in [1.807, 2.05) is 24.3 Å². The first-order valence-electron chi connectivity index (χ1n) is 10.4. The number of hydrogen-bond acceptors (Lipinski definition) is 1. The summed E-state index contributed by atoms with van der Waals surface area (Å²) in [6, 6.07) is 13.7. The molecule has 2 aromatic carbocycles. The van der Waals surface area contributed by atoms with Crippen LogP contribution in [0.3, 0.4) is 0 Å². The minimum atomic E-state index is -4.67. The van der Waals surface area contributed by atoms with Crippen molar-refractivity contribution in [1.29, 1.82) is 0 Å². The van der Waals surface area contributed by atoms with Crippen LogP contribution in [0.25, 0.3) is 11.1 Å². The summed E-state index contributed by atoms with van der Waals surface area (Å²) >= 11 is 0. The highest BCUT2D eigenvalue weighted by Gasteiger charge is 2.30. The van der Waals surface area contributed by atoms with Crippen molar-refractivity contribution in [2.24, 2.45) is 11.8 Å². The molecule has 154 valence electrons. The van der Waals surface area contributed by atoms with Crippen molar-refractivity contribution in [3.63, 3.8) is 0 Å². The molecular formula is C25H27F3O. The second-order valence-electron chi connectivity index (χ2n) is 7.78. The Bertz CT molecular complexity index is 818. The van der Waals surface area contributed by atoms with Gasteiger partial charge in [-0.05, 0) is 67.0 Å². The highest BCUT2D eigenvalue weighted by molar-refractivity contribution is 5.65. The van der Waals surface area contributed by atoms with Gasteiger partial charge in [-0.25, -0.2) is 0 Å². The molecule has 0 atom stereocenters. The van der Waals surface area contributed by atoms with E-state index >= 15 is 0 Å². The Morgan fingerprint density at radius 3 is 2.03 bits per heavy atom. The van der Waals surface area contributed by atoms with Gasteiger partial charge >= 0.3 is 6.36 Å². The molecule has 1 saturated carbocycles. The Hall–Kier alpha value is -2.41. The predicted octanol–water partition coefficient (Wildman–Crippen LogP) is 7.60. The topological polar surface area (TPSA) is 9.23 Å². The largest absolute Gasteiger partial charge is 0.573 e. The number of benzene rings is 2. The van der Waals surface area contributed by atoms with Crippen LogP contribution < -0.4 is 4.74 Å². The van der Waals surface area contributed by atoms with E-state index in [0.29, 0.717) is 5.92 Å². The van der Waals surface area contributed by atoms with Gasteiger partial charge in [0.05, 0.1) is 0 Å². The average molecular weight is 400 g/mol. The molecule has 0 amide bonds. The Balaban J connectivity index is 1.55. The molecule has 0 bridgehead atoms. The van der Waals surface area contributed by atoms with E-state index in [9.17, 15) is 13.2 Å². The Kier molecular flexibility index (Phi) is 7.25. The summed E-state index contributed by atoms with van der Waals surface area (Å²) in [5.41, 5.74) is 2.74. The van der Waals surface area contributed by atoms with Gasteiger partial charge in [0, 0.05) is 11.5 Å². The number of unbranched alkanes of at least 4 members (excludes halogenated alkanes) is 1. The van der Waals surface area contributed by atoms with Gasteiger partial charge in [0.1, 0.15) is 5.75 Å². The summed E-state index contributed by atoms with van der Waals surface area (Å²) < 4.78 is 40.7. The van der Waals surface area contributed by atoms with E-state index in [1.165, 1.54) is 57.1 Å². The molecule has 0 spiro atoms. The van der Waals surface area contributed by atoms with Crippen molar-refractivity contribution in [3.8, 4) is 28.7 Å². The summed E-state index contributed by atoms with van der Waals surface area (Å²) in [6.07, 6.45) is 4.31. The summed E-state index contributed by atoms with van der Waals surface area (Å²) in [5.74, 6) is 7.89. The lowest BCUT2D eigenvalue weighted by atomic mass is 9.80. The first-order chi connectivity index (χ1) is 13.9. The smallest absolute Gasteiger partial charge is 0.406 e.